The van der Waals surface area contributed by atoms with Crippen molar-refractivity contribution < 1.29 is 19.7 Å². The van der Waals surface area contributed by atoms with Gasteiger partial charge in [0.25, 0.3) is 5.91 Å². The van der Waals surface area contributed by atoms with Crippen molar-refractivity contribution in [3.63, 3.8) is 0 Å². The molecule has 0 atom stereocenters. The van der Waals surface area contributed by atoms with Crippen LogP contribution in [-0.4, -0.2) is 28.4 Å². The molecule has 4 N–H and O–H groups in total. The maximum absolute atomic E-state index is 11.5. The van der Waals surface area contributed by atoms with Crippen molar-refractivity contribution in [3.8, 4) is 11.5 Å². The lowest BCUT2D eigenvalue weighted by Crippen LogP contribution is -2.01. The molecule has 0 fully saturated rings. The van der Waals surface area contributed by atoms with Crippen molar-refractivity contribution in [1.82, 2.24) is 0 Å². The summed E-state index contributed by atoms with van der Waals surface area (Å²) in [6.45, 7) is -0.334. The molecule has 0 aromatic heterocycles. The van der Waals surface area contributed by atoms with Crippen LogP contribution in [0.4, 0.5) is 0 Å². The van der Waals surface area contributed by atoms with Gasteiger partial charge in [0.2, 0.25) is 0 Å². The molecule has 1 aromatic carbocycles. The van der Waals surface area contributed by atoms with E-state index in [1.165, 1.54) is 7.11 Å². The van der Waals surface area contributed by atoms with E-state index in [0.29, 0.717) is 16.0 Å². The van der Waals surface area contributed by atoms with Gasteiger partial charge in [-0.15, -0.1) is 0 Å². The van der Waals surface area contributed by atoms with Crippen LogP contribution in [0.15, 0.2) is 22.0 Å². The molecule has 1 aromatic rings. The predicted octanol–water partition coefficient (Wildman–Crippen LogP) is 0.822. The molecule has 1 heterocycles. The van der Waals surface area contributed by atoms with Crippen LogP contribution < -0.4 is 10.5 Å². The summed E-state index contributed by atoms with van der Waals surface area (Å²) >= 11 is 1.07. The van der Waals surface area contributed by atoms with Gasteiger partial charge in [0.1, 0.15) is 0 Å². The number of aliphatic hydroxyl groups excluding tert-OH is 1. The minimum Gasteiger partial charge on any atom is -0.504 e. The Labute approximate surface area is 113 Å². The highest BCUT2D eigenvalue weighted by molar-refractivity contribution is 8.18. The zero-order valence-corrected chi connectivity index (χ0v) is 10.9. The third-order valence-corrected chi connectivity index (χ3v) is 3.31. The summed E-state index contributed by atoms with van der Waals surface area (Å²) in [5.41, 5.74) is 6.38. The highest BCUT2D eigenvalue weighted by Crippen LogP contribution is 2.34. The first-order valence-electron chi connectivity index (χ1n) is 5.34. The van der Waals surface area contributed by atoms with E-state index in [1.54, 1.807) is 18.2 Å². The van der Waals surface area contributed by atoms with Gasteiger partial charge < -0.3 is 20.7 Å². The predicted molar refractivity (Wildman–Crippen MR) is 72.8 cm³/mol. The van der Waals surface area contributed by atoms with Crippen LogP contribution in [0.25, 0.3) is 6.08 Å². The molecular weight excluding hydrogens is 268 g/mol. The number of amides is 1. The Kier molecular flexibility index (Phi) is 3.77. The number of ether oxygens (including phenoxy) is 1. The second-order valence-electron chi connectivity index (χ2n) is 3.75. The number of carbonyl (C=O) groups excluding carboxylic acids is 1. The molecule has 7 heteroatoms. The van der Waals surface area contributed by atoms with Crippen molar-refractivity contribution in [2.24, 2.45) is 10.7 Å². The number of methoxy groups -OCH3 is 1. The number of benzene rings is 1. The molecule has 0 unspecified atom stereocenters. The standard InChI is InChI=1S/C12H12N2O4S/c1-18-8-3-6(2-7(5-15)10(8)16)4-9-11(17)14-12(13)19-9/h2-4,15-16H,5H2,1H3,(H2,13,14,17). The van der Waals surface area contributed by atoms with Gasteiger partial charge in [-0.3, -0.25) is 4.79 Å². The number of phenols is 1. The van der Waals surface area contributed by atoms with E-state index in [1.807, 2.05) is 0 Å². The topological polar surface area (TPSA) is 105 Å². The van der Waals surface area contributed by atoms with Crippen LogP contribution in [-0.2, 0) is 11.4 Å². The Morgan fingerprint density at radius 3 is 2.79 bits per heavy atom. The fourth-order valence-corrected chi connectivity index (χ4v) is 2.31. The van der Waals surface area contributed by atoms with Crippen molar-refractivity contribution in [3.05, 3.63) is 28.2 Å². The SMILES string of the molecule is COc1cc(C=C2SC(N)=NC2=O)cc(CO)c1O. The van der Waals surface area contributed by atoms with E-state index in [-0.39, 0.29) is 23.3 Å². The summed E-state index contributed by atoms with van der Waals surface area (Å²) in [5, 5.41) is 19.1. The second kappa shape index (κ2) is 5.33. The minimum absolute atomic E-state index is 0.117. The molecule has 2 rings (SSSR count). The molecule has 1 amide bonds. The number of aliphatic imine (C=N–C) groups is 1. The lowest BCUT2D eigenvalue weighted by molar-refractivity contribution is -0.113. The number of amidine groups is 1. The van der Waals surface area contributed by atoms with E-state index >= 15 is 0 Å². The van der Waals surface area contributed by atoms with Gasteiger partial charge in [-0.05, 0) is 35.5 Å². The van der Waals surface area contributed by atoms with Crippen molar-refractivity contribution in [2.75, 3.05) is 7.11 Å². The van der Waals surface area contributed by atoms with Crippen LogP contribution in [0.1, 0.15) is 11.1 Å². The van der Waals surface area contributed by atoms with Gasteiger partial charge in [0, 0.05) is 5.56 Å². The third-order valence-electron chi connectivity index (χ3n) is 2.50. The number of carbonyl (C=O) groups is 1. The average Bonchev–Trinajstić information content (AvgIpc) is 2.69. The van der Waals surface area contributed by atoms with E-state index in [9.17, 15) is 9.90 Å². The Morgan fingerprint density at radius 2 is 2.26 bits per heavy atom. The Morgan fingerprint density at radius 1 is 1.53 bits per heavy atom. The zero-order chi connectivity index (χ0) is 14.0. The maximum atomic E-state index is 11.5. The largest absolute Gasteiger partial charge is 0.504 e. The van der Waals surface area contributed by atoms with Gasteiger partial charge in [-0.25, -0.2) is 0 Å². The van der Waals surface area contributed by atoms with Gasteiger partial charge in [0.05, 0.1) is 18.6 Å². The summed E-state index contributed by atoms with van der Waals surface area (Å²) in [4.78, 5) is 15.5. The van der Waals surface area contributed by atoms with Gasteiger partial charge >= 0.3 is 0 Å². The fraction of sp³-hybridized carbons (Fsp3) is 0.167. The number of thioether (sulfide) groups is 1. The molecule has 0 saturated heterocycles. The third kappa shape index (κ3) is 2.72. The van der Waals surface area contributed by atoms with Gasteiger partial charge in [-0.1, -0.05) is 0 Å². The Hall–Kier alpha value is -1.99. The van der Waals surface area contributed by atoms with Crippen LogP contribution in [0.3, 0.4) is 0 Å². The molecule has 1 aliphatic rings. The molecular formula is C12H12N2O4S. The van der Waals surface area contributed by atoms with E-state index in [4.69, 9.17) is 15.6 Å². The summed E-state index contributed by atoms with van der Waals surface area (Å²) in [6.07, 6.45) is 1.58. The molecule has 0 radical (unpaired) electrons. The highest BCUT2D eigenvalue weighted by Gasteiger charge is 2.20. The molecule has 1 aliphatic heterocycles. The first-order chi connectivity index (χ1) is 9.05. The van der Waals surface area contributed by atoms with Crippen LogP contribution in [0.2, 0.25) is 0 Å². The Bertz CT molecular complexity index is 570. The lowest BCUT2D eigenvalue weighted by Gasteiger charge is -2.09. The Balaban J connectivity index is 2.41. The fourth-order valence-electron chi connectivity index (χ4n) is 1.63. The van der Waals surface area contributed by atoms with E-state index in [0.717, 1.165) is 11.8 Å². The molecule has 6 nitrogen and oxygen atoms in total. The number of rotatable bonds is 3. The van der Waals surface area contributed by atoms with E-state index < -0.39 is 5.91 Å². The molecule has 0 saturated carbocycles. The smallest absolute Gasteiger partial charge is 0.286 e. The van der Waals surface area contributed by atoms with Crippen LogP contribution in [0, 0.1) is 0 Å². The number of aliphatic hydroxyl groups is 1. The van der Waals surface area contributed by atoms with Crippen LogP contribution in [0.5, 0.6) is 11.5 Å². The monoisotopic (exact) mass is 280 g/mol. The zero-order valence-electron chi connectivity index (χ0n) is 10.1. The normalized spacial score (nSPS) is 16.8. The molecule has 0 bridgehead atoms. The van der Waals surface area contributed by atoms with Gasteiger partial charge in [0.15, 0.2) is 16.7 Å². The number of hydrogen-bond acceptors (Lipinski definition) is 6. The lowest BCUT2D eigenvalue weighted by atomic mass is 10.1. The summed E-state index contributed by atoms with van der Waals surface area (Å²) in [5.74, 6) is -0.295. The van der Waals surface area contributed by atoms with E-state index in [2.05, 4.69) is 4.99 Å². The molecule has 100 valence electrons. The highest BCUT2D eigenvalue weighted by atomic mass is 32.2. The maximum Gasteiger partial charge on any atom is 0.286 e. The second-order valence-corrected chi connectivity index (χ2v) is 4.82. The summed E-state index contributed by atoms with van der Waals surface area (Å²) < 4.78 is 5.01. The number of nitrogens with zero attached hydrogens (tertiary/aromatic N) is 1. The van der Waals surface area contributed by atoms with Gasteiger partial charge in [-0.2, -0.15) is 4.99 Å². The summed E-state index contributed by atoms with van der Waals surface area (Å²) in [6, 6.07) is 3.12. The minimum atomic E-state index is -0.403. The number of aromatic hydroxyl groups is 1. The first-order valence-corrected chi connectivity index (χ1v) is 6.15. The van der Waals surface area contributed by atoms with Crippen molar-refractivity contribution in [1.29, 1.82) is 0 Å². The quantitative estimate of drug-likeness (QED) is 0.708. The molecule has 0 aliphatic carbocycles. The number of nitrogens with two attached hydrogens (primary N) is 1. The van der Waals surface area contributed by atoms with Crippen LogP contribution >= 0.6 is 11.8 Å². The molecule has 0 spiro atoms. The number of hydrogen-bond donors (Lipinski definition) is 3. The van der Waals surface area contributed by atoms with Crippen molar-refractivity contribution >= 4 is 28.9 Å². The first kappa shape index (κ1) is 13.4. The average molecular weight is 280 g/mol. The van der Waals surface area contributed by atoms with Crippen molar-refractivity contribution in [2.45, 2.75) is 6.61 Å². The molecule has 19 heavy (non-hydrogen) atoms. The summed E-state index contributed by atoms with van der Waals surface area (Å²) in [7, 11) is 1.41.